The van der Waals surface area contributed by atoms with Gasteiger partial charge in [0.1, 0.15) is 5.56 Å². The molecule has 6 nitrogen and oxygen atoms in total. The number of carbonyl (C=O) groups excluding carboxylic acids is 1. The van der Waals surface area contributed by atoms with Gasteiger partial charge in [0, 0.05) is 15.8 Å². The van der Waals surface area contributed by atoms with Gasteiger partial charge in [-0.1, -0.05) is 11.8 Å². The van der Waals surface area contributed by atoms with Crippen LogP contribution in [0.4, 0.5) is 18.9 Å². The zero-order valence-corrected chi connectivity index (χ0v) is 13.7. The van der Waals surface area contributed by atoms with E-state index in [4.69, 9.17) is 5.73 Å². The Hall–Kier alpha value is -2.14. The molecule has 24 heavy (non-hydrogen) atoms. The highest BCUT2D eigenvalue weighted by Crippen LogP contribution is 2.40. The molecule has 0 bridgehead atoms. The van der Waals surface area contributed by atoms with Crippen molar-refractivity contribution in [3.63, 3.8) is 0 Å². The topological polar surface area (TPSA) is 99.1 Å². The third-order valence-corrected chi connectivity index (χ3v) is 5.09. The molecule has 0 radical (unpaired) electrons. The van der Waals surface area contributed by atoms with Crippen molar-refractivity contribution >= 4 is 34.7 Å². The first kappa shape index (κ1) is 18.2. The molecule has 0 aliphatic heterocycles. The summed E-state index contributed by atoms with van der Waals surface area (Å²) in [6.45, 7) is 1.66. The van der Waals surface area contributed by atoms with E-state index < -0.39 is 28.3 Å². The molecule has 2 aromatic rings. The minimum absolute atomic E-state index is 0.00186. The Balaban J connectivity index is 2.34. The van der Waals surface area contributed by atoms with Gasteiger partial charge < -0.3 is 5.73 Å². The summed E-state index contributed by atoms with van der Waals surface area (Å²) in [5, 5.41) is 10.7. The first-order valence-electron chi connectivity index (χ1n) is 6.36. The van der Waals surface area contributed by atoms with Crippen molar-refractivity contribution in [3.05, 3.63) is 44.4 Å². The maximum Gasteiger partial charge on any atom is 0.423 e. The lowest BCUT2D eigenvalue weighted by Crippen LogP contribution is -2.13. The molecule has 1 aromatic carbocycles. The van der Waals surface area contributed by atoms with Gasteiger partial charge >= 0.3 is 6.18 Å². The summed E-state index contributed by atoms with van der Waals surface area (Å²) in [7, 11) is 0. The van der Waals surface area contributed by atoms with Crippen molar-refractivity contribution in [2.75, 3.05) is 0 Å². The summed E-state index contributed by atoms with van der Waals surface area (Å²) in [6, 6.07) is 2.76. The number of carbonyl (C=O) groups is 1. The van der Waals surface area contributed by atoms with Crippen LogP contribution in [0, 0.1) is 17.0 Å². The van der Waals surface area contributed by atoms with E-state index in [2.05, 4.69) is 4.98 Å². The highest BCUT2D eigenvalue weighted by atomic mass is 32.2. The van der Waals surface area contributed by atoms with E-state index in [0.29, 0.717) is 21.0 Å². The van der Waals surface area contributed by atoms with Crippen molar-refractivity contribution < 1.29 is 22.9 Å². The first-order chi connectivity index (χ1) is 11.1. The van der Waals surface area contributed by atoms with Crippen LogP contribution >= 0.6 is 23.1 Å². The number of nitro benzene ring substituents is 1. The average Bonchev–Trinajstić information content (AvgIpc) is 2.76. The van der Waals surface area contributed by atoms with Gasteiger partial charge in [0.25, 0.3) is 5.69 Å². The molecule has 1 aromatic heterocycles. The van der Waals surface area contributed by atoms with Gasteiger partial charge in [0.05, 0.1) is 17.0 Å². The Bertz CT molecular complexity index is 805. The van der Waals surface area contributed by atoms with Crippen LogP contribution in [0.15, 0.2) is 27.4 Å². The molecule has 1 heterocycles. The lowest BCUT2D eigenvalue weighted by atomic mass is 10.2. The minimum atomic E-state index is -4.84. The molecule has 2 N–H and O–H groups in total. The summed E-state index contributed by atoms with van der Waals surface area (Å²) in [5.41, 5.74) is 3.36. The van der Waals surface area contributed by atoms with Gasteiger partial charge in [0.15, 0.2) is 4.34 Å². The number of hydrogen-bond donors (Lipinski definition) is 1. The summed E-state index contributed by atoms with van der Waals surface area (Å²) in [5.74, 6) is -0.534. The number of nitrogens with two attached hydrogens (primary N) is 1. The fourth-order valence-electron chi connectivity index (χ4n) is 1.83. The Morgan fingerprint density at radius 3 is 2.67 bits per heavy atom. The highest BCUT2D eigenvalue weighted by Gasteiger charge is 2.38. The average molecular weight is 377 g/mol. The smallest absolute Gasteiger partial charge is 0.369 e. The van der Waals surface area contributed by atoms with Gasteiger partial charge in [-0.3, -0.25) is 14.9 Å². The SMILES string of the molecule is Cc1nc(Sc2ccc([N+](=O)[O-])c(C(F)(F)F)c2)sc1CC(N)=O. The van der Waals surface area contributed by atoms with Crippen molar-refractivity contribution in [2.24, 2.45) is 5.73 Å². The lowest BCUT2D eigenvalue weighted by molar-refractivity contribution is -0.388. The number of aromatic nitrogens is 1. The standard InChI is InChI=1S/C13H10F3N3O3S2/c1-6-10(5-11(17)20)24-12(18-6)23-7-2-3-9(19(21)22)8(4-7)13(14,15)16/h2-4H,5H2,1H3,(H2,17,20). The number of amides is 1. The second-order valence-electron chi connectivity index (χ2n) is 4.67. The van der Waals surface area contributed by atoms with Crippen LogP contribution in [0.1, 0.15) is 16.1 Å². The van der Waals surface area contributed by atoms with Crippen LogP contribution in [-0.4, -0.2) is 15.8 Å². The predicted molar refractivity (Wildman–Crippen MR) is 82.0 cm³/mol. The summed E-state index contributed by atoms with van der Waals surface area (Å²) in [4.78, 5) is 25.6. The van der Waals surface area contributed by atoms with E-state index in [1.54, 1.807) is 6.92 Å². The van der Waals surface area contributed by atoms with Crippen LogP contribution in [0.3, 0.4) is 0 Å². The maximum atomic E-state index is 13.0. The number of halogens is 3. The number of nitrogens with zero attached hydrogens (tertiary/aromatic N) is 2. The monoisotopic (exact) mass is 377 g/mol. The number of nitro groups is 1. The van der Waals surface area contributed by atoms with Gasteiger partial charge in [-0.2, -0.15) is 13.2 Å². The number of thiazole rings is 1. The van der Waals surface area contributed by atoms with Crippen LogP contribution < -0.4 is 5.73 Å². The Morgan fingerprint density at radius 2 is 2.12 bits per heavy atom. The third-order valence-electron chi connectivity index (χ3n) is 2.88. The summed E-state index contributed by atoms with van der Waals surface area (Å²) < 4.78 is 39.3. The lowest BCUT2D eigenvalue weighted by Gasteiger charge is -2.08. The molecule has 0 aliphatic carbocycles. The van der Waals surface area contributed by atoms with Crippen molar-refractivity contribution in [2.45, 2.75) is 28.8 Å². The molecule has 1 amide bonds. The van der Waals surface area contributed by atoms with Crippen molar-refractivity contribution in [3.8, 4) is 0 Å². The molecule has 0 saturated carbocycles. The van der Waals surface area contributed by atoms with Crippen molar-refractivity contribution in [1.82, 2.24) is 4.98 Å². The van der Waals surface area contributed by atoms with Gasteiger partial charge in [-0.05, 0) is 19.1 Å². The number of benzene rings is 1. The molecule has 0 fully saturated rings. The molecule has 0 atom stereocenters. The van der Waals surface area contributed by atoms with Crippen LogP contribution in [0.25, 0.3) is 0 Å². The van der Waals surface area contributed by atoms with Crippen molar-refractivity contribution in [1.29, 1.82) is 0 Å². The van der Waals surface area contributed by atoms with Crippen LogP contribution in [0.5, 0.6) is 0 Å². The zero-order chi connectivity index (χ0) is 18.1. The van der Waals surface area contributed by atoms with Gasteiger partial charge in [-0.25, -0.2) is 4.98 Å². The van der Waals surface area contributed by atoms with E-state index in [9.17, 15) is 28.1 Å². The number of primary amides is 1. The molecule has 128 valence electrons. The molecule has 0 unspecified atom stereocenters. The van der Waals surface area contributed by atoms with Crippen LogP contribution in [0.2, 0.25) is 0 Å². The zero-order valence-electron chi connectivity index (χ0n) is 12.1. The third kappa shape index (κ3) is 4.23. The normalized spacial score (nSPS) is 11.5. The second-order valence-corrected chi connectivity index (χ2v) is 7.07. The maximum absolute atomic E-state index is 13.0. The second kappa shape index (κ2) is 6.77. The Kier molecular flexibility index (Phi) is 5.13. The molecule has 0 spiro atoms. The summed E-state index contributed by atoms with van der Waals surface area (Å²) in [6.07, 6.45) is -4.84. The fraction of sp³-hybridized carbons (Fsp3) is 0.231. The van der Waals surface area contributed by atoms with E-state index >= 15 is 0 Å². The molecule has 11 heteroatoms. The Labute approximate surface area is 142 Å². The largest absolute Gasteiger partial charge is 0.423 e. The number of alkyl halides is 3. The first-order valence-corrected chi connectivity index (χ1v) is 7.99. The predicted octanol–water partition coefficient (Wildman–Crippen LogP) is 3.56. The molecular weight excluding hydrogens is 367 g/mol. The van der Waals surface area contributed by atoms with E-state index in [0.717, 1.165) is 29.2 Å². The summed E-state index contributed by atoms with van der Waals surface area (Å²) >= 11 is 2.08. The van der Waals surface area contributed by atoms with E-state index in [1.165, 1.54) is 6.07 Å². The molecule has 0 aliphatic rings. The molecular formula is C13H10F3N3O3S2. The fourth-order valence-corrected chi connectivity index (χ4v) is 4.09. The van der Waals surface area contributed by atoms with E-state index in [1.807, 2.05) is 0 Å². The molecule has 2 rings (SSSR count). The number of rotatable bonds is 5. The van der Waals surface area contributed by atoms with E-state index in [-0.39, 0.29) is 11.3 Å². The molecule has 0 saturated heterocycles. The highest BCUT2D eigenvalue weighted by molar-refractivity contribution is 8.01. The minimum Gasteiger partial charge on any atom is -0.369 e. The number of aryl methyl sites for hydroxylation is 1. The number of hydrogen-bond acceptors (Lipinski definition) is 6. The van der Waals surface area contributed by atoms with Crippen LogP contribution in [-0.2, 0) is 17.4 Å². The van der Waals surface area contributed by atoms with Gasteiger partial charge in [-0.15, -0.1) is 11.3 Å². The van der Waals surface area contributed by atoms with Gasteiger partial charge in [0.2, 0.25) is 5.91 Å². The Morgan fingerprint density at radius 1 is 1.46 bits per heavy atom. The quantitative estimate of drug-likeness (QED) is 0.634.